The summed E-state index contributed by atoms with van der Waals surface area (Å²) in [6, 6.07) is 8.30. The molecule has 17 heavy (non-hydrogen) atoms. The van der Waals surface area contributed by atoms with Crippen molar-refractivity contribution in [1.82, 2.24) is 5.32 Å². The molecule has 1 N–H and O–H groups in total. The molecule has 0 bridgehead atoms. The van der Waals surface area contributed by atoms with Crippen LogP contribution in [0.4, 0.5) is 0 Å². The predicted molar refractivity (Wildman–Crippen MR) is 71.8 cm³/mol. The molecule has 1 aromatic carbocycles. The maximum atomic E-state index is 5.63. The van der Waals surface area contributed by atoms with Gasteiger partial charge in [0.2, 0.25) is 0 Å². The third kappa shape index (κ3) is 2.14. The van der Waals surface area contributed by atoms with Crippen molar-refractivity contribution in [3.8, 4) is 5.75 Å². The minimum absolute atomic E-state index is 0.148. The molecule has 1 atom stereocenters. The van der Waals surface area contributed by atoms with Gasteiger partial charge in [0.1, 0.15) is 18.4 Å². The summed E-state index contributed by atoms with van der Waals surface area (Å²) in [5.74, 6) is 2.05. The topological polar surface area (TPSA) is 33.6 Å². The Balaban J connectivity index is 1.82. The number of thioether (sulfide) groups is 1. The Labute approximate surface area is 106 Å². The lowest BCUT2D eigenvalue weighted by Crippen LogP contribution is -2.37. The number of nitrogens with zero attached hydrogens (tertiary/aromatic N) is 1. The standard InChI is InChI=1S/C13H16N2OS/c1-13(2)8-17-12(15-13)14-10-7-16-11-6-4-3-5-9(10)11/h3-6,10H,7-8H2,1-2H3,(H,14,15). The van der Waals surface area contributed by atoms with Crippen LogP contribution in [0.15, 0.2) is 29.3 Å². The van der Waals surface area contributed by atoms with E-state index >= 15 is 0 Å². The van der Waals surface area contributed by atoms with Crippen LogP contribution in [0.25, 0.3) is 0 Å². The maximum Gasteiger partial charge on any atom is 0.157 e. The zero-order chi connectivity index (χ0) is 11.9. The number of aliphatic imine (C=N–C) groups is 1. The van der Waals surface area contributed by atoms with Gasteiger partial charge in [0.05, 0.1) is 0 Å². The zero-order valence-electron chi connectivity index (χ0n) is 10.1. The first-order valence-corrected chi connectivity index (χ1v) is 6.83. The van der Waals surface area contributed by atoms with E-state index in [1.54, 1.807) is 11.8 Å². The molecule has 90 valence electrons. The van der Waals surface area contributed by atoms with Crippen LogP contribution in [0.5, 0.6) is 5.75 Å². The Hall–Kier alpha value is -1.16. The SMILES string of the molecule is CC1(C)CSC(=NC2COc3ccccc32)N1. The number of nitrogens with one attached hydrogen (secondary N) is 1. The number of hydrogen-bond donors (Lipinski definition) is 1. The second kappa shape index (κ2) is 3.95. The van der Waals surface area contributed by atoms with Crippen LogP contribution < -0.4 is 10.1 Å². The molecular formula is C13H16N2OS. The highest BCUT2D eigenvalue weighted by Gasteiger charge is 2.30. The second-order valence-corrected chi connectivity index (χ2v) is 6.06. The van der Waals surface area contributed by atoms with Crippen LogP contribution in [-0.4, -0.2) is 23.1 Å². The van der Waals surface area contributed by atoms with Crippen molar-refractivity contribution in [2.45, 2.75) is 25.4 Å². The van der Waals surface area contributed by atoms with Crippen molar-refractivity contribution < 1.29 is 4.74 Å². The third-order valence-electron chi connectivity index (χ3n) is 2.96. The fourth-order valence-corrected chi connectivity index (χ4v) is 3.19. The number of para-hydroxylation sites is 1. The second-order valence-electron chi connectivity index (χ2n) is 5.10. The smallest absolute Gasteiger partial charge is 0.157 e. The van der Waals surface area contributed by atoms with E-state index in [9.17, 15) is 0 Å². The van der Waals surface area contributed by atoms with Crippen molar-refractivity contribution in [2.75, 3.05) is 12.4 Å². The van der Waals surface area contributed by atoms with E-state index in [-0.39, 0.29) is 11.6 Å². The summed E-state index contributed by atoms with van der Waals surface area (Å²) in [6.07, 6.45) is 0. The largest absolute Gasteiger partial charge is 0.491 e. The van der Waals surface area contributed by atoms with Crippen molar-refractivity contribution in [3.63, 3.8) is 0 Å². The van der Waals surface area contributed by atoms with Gasteiger partial charge >= 0.3 is 0 Å². The molecule has 2 heterocycles. The molecule has 0 spiro atoms. The van der Waals surface area contributed by atoms with E-state index in [1.807, 2.05) is 18.2 Å². The van der Waals surface area contributed by atoms with E-state index in [0.29, 0.717) is 6.61 Å². The molecule has 0 amide bonds. The normalized spacial score (nSPS) is 27.6. The monoisotopic (exact) mass is 248 g/mol. The van der Waals surface area contributed by atoms with Crippen LogP contribution in [0.3, 0.4) is 0 Å². The molecular weight excluding hydrogens is 232 g/mol. The molecule has 0 aromatic heterocycles. The molecule has 1 saturated heterocycles. The van der Waals surface area contributed by atoms with Crippen molar-refractivity contribution in [2.24, 2.45) is 4.99 Å². The van der Waals surface area contributed by atoms with Crippen LogP contribution in [0, 0.1) is 0 Å². The molecule has 1 aromatic rings. The number of fused-ring (bicyclic) bond motifs is 1. The lowest BCUT2D eigenvalue weighted by Gasteiger charge is -2.16. The first-order chi connectivity index (χ1) is 8.14. The van der Waals surface area contributed by atoms with Crippen molar-refractivity contribution in [3.05, 3.63) is 29.8 Å². The quantitative estimate of drug-likeness (QED) is 0.829. The molecule has 0 saturated carbocycles. The van der Waals surface area contributed by atoms with Gasteiger partial charge in [-0.25, -0.2) is 0 Å². The Kier molecular flexibility index (Phi) is 2.54. The summed E-state index contributed by atoms with van der Waals surface area (Å²) < 4.78 is 5.63. The number of ether oxygens (including phenoxy) is 1. The fourth-order valence-electron chi connectivity index (χ4n) is 2.07. The minimum atomic E-state index is 0.148. The molecule has 3 nitrogen and oxygen atoms in total. The van der Waals surface area contributed by atoms with Gasteiger partial charge in [0.25, 0.3) is 0 Å². The Morgan fingerprint density at radius 3 is 3.00 bits per heavy atom. The number of benzene rings is 1. The summed E-state index contributed by atoms with van der Waals surface area (Å²) in [5, 5.41) is 4.49. The number of rotatable bonds is 1. The van der Waals surface area contributed by atoms with E-state index in [4.69, 9.17) is 9.73 Å². The average Bonchev–Trinajstić information content (AvgIpc) is 2.84. The number of hydrogen-bond acceptors (Lipinski definition) is 3. The Morgan fingerprint density at radius 1 is 1.41 bits per heavy atom. The Morgan fingerprint density at radius 2 is 2.24 bits per heavy atom. The van der Waals surface area contributed by atoms with E-state index in [2.05, 4.69) is 25.2 Å². The summed E-state index contributed by atoms with van der Waals surface area (Å²) in [5.41, 5.74) is 1.36. The maximum absolute atomic E-state index is 5.63. The highest BCUT2D eigenvalue weighted by atomic mass is 32.2. The molecule has 3 rings (SSSR count). The van der Waals surface area contributed by atoms with Gasteiger partial charge in [-0.05, 0) is 19.9 Å². The van der Waals surface area contributed by atoms with Gasteiger partial charge in [-0.2, -0.15) is 0 Å². The summed E-state index contributed by atoms with van der Waals surface area (Å²) in [7, 11) is 0. The van der Waals surface area contributed by atoms with E-state index in [0.717, 1.165) is 16.7 Å². The minimum Gasteiger partial charge on any atom is -0.491 e. The first kappa shape index (κ1) is 11.0. The van der Waals surface area contributed by atoms with Crippen molar-refractivity contribution >= 4 is 16.9 Å². The lowest BCUT2D eigenvalue weighted by atomic mass is 10.1. The molecule has 1 unspecified atom stereocenters. The van der Waals surface area contributed by atoms with Gasteiger partial charge in [0.15, 0.2) is 5.17 Å². The van der Waals surface area contributed by atoms with Gasteiger partial charge in [-0.15, -0.1) is 0 Å². The Bertz CT molecular complexity index is 470. The van der Waals surface area contributed by atoms with Gasteiger partial charge < -0.3 is 10.1 Å². The molecule has 2 aliphatic heterocycles. The number of amidine groups is 1. The van der Waals surface area contributed by atoms with Crippen LogP contribution in [-0.2, 0) is 0 Å². The molecule has 4 heteroatoms. The average molecular weight is 248 g/mol. The third-order valence-corrected chi connectivity index (χ3v) is 4.31. The molecule has 1 fully saturated rings. The first-order valence-electron chi connectivity index (χ1n) is 5.85. The fraction of sp³-hybridized carbons (Fsp3) is 0.462. The van der Waals surface area contributed by atoms with Crippen LogP contribution in [0.1, 0.15) is 25.5 Å². The van der Waals surface area contributed by atoms with Crippen molar-refractivity contribution in [1.29, 1.82) is 0 Å². The highest BCUT2D eigenvalue weighted by molar-refractivity contribution is 8.14. The van der Waals surface area contributed by atoms with Gasteiger partial charge in [-0.3, -0.25) is 4.99 Å². The molecule has 0 radical (unpaired) electrons. The lowest BCUT2D eigenvalue weighted by molar-refractivity contribution is 0.334. The summed E-state index contributed by atoms with van der Waals surface area (Å²) in [6.45, 7) is 5.05. The van der Waals surface area contributed by atoms with Gasteiger partial charge in [0, 0.05) is 16.9 Å². The predicted octanol–water partition coefficient (Wildman–Crippen LogP) is 2.59. The summed E-state index contributed by atoms with van der Waals surface area (Å²) >= 11 is 1.79. The molecule has 0 aliphatic carbocycles. The van der Waals surface area contributed by atoms with Gasteiger partial charge in [-0.1, -0.05) is 30.0 Å². The summed E-state index contributed by atoms with van der Waals surface area (Å²) in [4.78, 5) is 4.76. The molecule has 2 aliphatic rings. The van der Waals surface area contributed by atoms with E-state index < -0.39 is 0 Å². The van der Waals surface area contributed by atoms with Crippen LogP contribution in [0.2, 0.25) is 0 Å². The highest BCUT2D eigenvalue weighted by Crippen LogP contribution is 2.35. The zero-order valence-corrected chi connectivity index (χ0v) is 10.9. The van der Waals surface area contributed by atoms with E-state index in [1.165, 1.54) is 5.56 Å². The van der Waals surface area contributed by atoms with Crippen LogP contribution >= 0.6 is 11.8 Å².